The van der Waals surface area contributed by atoms with Crippen LogP contribution < -0.4 is 20.2 Å². The first-order valence-corrected chi connectivity index (χ1v) is 22.2. The van der Waals surface area contributed by atoms with Crippen molar-refractivity contribution in [3.63, 3.8) is 0 Å². The molecule has 352 valence electrons. The van der Waals surface area contributed by atoms with E-state index in [1.54, 1.807) is 36.4 Å². The van der Waals surface area contributed by atoms with Crippen LogP contribution in [0.25, 0.3) is 10.9 Å². The number of Topliss-reactive ketones (excluding diaryl/α,β-unsaturated/α-hetero) is 1. The SMILES string of the molecule is CC(C)(C)c1cc(C(C)(C)C)c(NC(=O)c2c[nH]c3ccccc3c2=O)cc1O.CC(C)(CO)C1Cc2cc(CC(=O)C3(c4ccc5c(c4)OC(F)(F)O5)CC3)c(F)cc2C1C[C@@H](O)CO. The highest BCUT2D eigenvalue weighted by Crippen LogP contribution is 2.54. The zero-order valence-corrected chi connectivity index (χ0v) is 38.6. The molecular formula is C52H59F3N2O9. The monoisotopic (exact) mass is 912 g/mol. The number of carbonyl (C=O) groups is 2. The van der Waals surface area contributed by atoms with Gasteiger partial charge in [-0.15, -0.1) is 8.78 Å². The van der Waals surface area contributed by atoms with Gasteiger partial charge in [0, 0.05) is 41.9 Å². The van der Waals surface area contributed by atoms with Crippen LogP contribution in [0, 0.1) is 17.2 Å². The summed E-state index contributed by atoms with van der Waals surface area (Å²) in [5, 5.41) is 43.4. The summed E-state index contributed by atoms with van der Waals surface area (Å²) < 4.78 is 51.2. The van der Waals surface area contributed by atoms with E-state index in [-0.39, 0.29) is 81.7 Å². The van der Waals surface area contributed by atoms with E-state index in [2.05, 4.69) is 19.8 Å². The Morgan fingerprint density at radius 3 is 2.20 bits per heavy atom. The van der Waals surface area contributed by atoms with Gasteiger partial charge in [0.1, 0.15) is 22.9 Å². The van der Waals surface area contributed by atoms with E-state index in [1.165, 1.54) is 24.4 Å². The van der Waals surface area contributed by atoms with Crippen LogP contribution in [0.1, 0.15) is 124 Å². The molecule has 11 nitrogen and oxygen atoms in total. The molecule has 2 heterocycles. The lowest BCUT2D eigenvalue weighted by Gasteiger charge is -2.35. The molecule has 1 saturated carbocycles. The zero-order valence-electron chi connectivity index (χ0n) is 38.6. The van der Waals surface area contributed by atoms with Gasteiger partial charge in [0.25, 0.3) is 5.91 Å². The molecule has 3 aliphatic rings. The summed E-state index contributed by atoms with van der Waals surface area (Å²) in [5.41, 5.74) is 3.07. The predicted molar refractivity (Wildman–Crippen MR) is 245 cm³/mol. The van der Waals surface area contributed by atoms with Crippen molar-refractivity contribution < 1.29 is 52.7 Å². The molecule has 6 N–H and O–H groups in total. The van der Waals surface area contributed by atoms with Gasteiger partial charge in [0.2, 0.25) is 5.43 Å². The number of rotatable bonds is 11. The van der Waals surface area contributed by atoms with E-state index in [1.807, 2.05) is 67.5 Å². The largest absolute Gasteiger partial charge is 0.586 e. The minimum absolute atomic E-state index is 0.0305. The number of phenols is 1. The number of aromatic nitrogens is 1. The van der Waals surface area contributed by atoms with E-state index in [0.29, 0.717) is 41.4 Å². The van der Waals surface area contributed by atoms with Crippen molar-refractivity contribution in [3.8, 4) is 17.2 Å². The number of fused-ring (bicyclic) bond motifs is 3. The first kappa shape index (κ1) is 48.2. The highest BCUT2D eigenvalue weighted by molar-refractivity contribution is 6.06. The van der Waals surface area contributed by atoms with E-state index in [4.69, 9.17) is 0 Å². The summed E-state index contributed by atoms with van der Waals surface area (Å²) in [6, 6.07) is 18.0. The molecule has 0 saturated heterocycles. The Morgan fingerprint density at radius 1 is 0.894 bits per heavy atom. The maximum Gasteiger partial charge on any atom is 0.586 e. The lowest BCUT2D eigenvalue weighted by atomic mass is 9.71. The van der Waals surface area contributed by atoms with Crippen LogP contribution in [0.15, 0.2) is 77.7 Å². The maximum absolute atomic E-state index is 15.3. The molecule has 5 aromatic rings. The average molecular weight is 913 g/mol. The van der Waals surface area contributed by atoms with Gasteiger partial charge in [-0.3, -0.25) is 14.4 Å². The number of nitrogens with one attached hydrogen (secondary N) is 2. The predicted octanol–water partition coefficient (Wildman–Crippen LogP) is 9.09. The third kappa shape index (κ3) is 9.59. The first-order chi connectivity index (χ1) is 30.8. The molecule has 2 unspecified atom stereocenters. The number of amides is 1. The van der Waals surface area contributed by atoms with Crippen molar-refractivity contribution in [2.45, 2.75) is 122 Å². The van der Waals surface area contributed by atoms with Crippen molar-refractivity contribution in [1.82, 2.24) is 4.98 Å². The normalized spacial score (nSPS) is 18.6. The number of aliphatic hydroxyl groups excluding tert-OH is 3. The van der Waals surface area contributed by atoms with Crippen LogP contribution in [0.4, 0.5) is 18.9 Å². The lowest BCUT2D eigenvalue weighted by molar-refractivity contribution is -0.286. The van der Waals surface area contributed by atoms with Crippen molar-refractivity contribution >= 4 is 28.3 Å². The topological polar surface area (TPSA) is 178 Å². The number of para-hydroxylation sites is 1. The van der Waals surface area contributed by atoms with Gasteiger partial charge in [0.05, 0.1) is 18.1 Å². The Kier molecular flexibility index (Phi) is 12.8. The van der Waals surface area contributed by atoms with Crippen molar-refractivity contribution in [3.05, 3.63) is 128 Å². The Morgan fingerprint density at radius 2 is 1.56 bits per heavy atom. The number of aromatic hydroxyl groups is 1. The Hall–Kier alpha value is -5.70. The van der Waals surface area contributed by atoms with E-state index >= 15 is 4.39 Å². The van der Waals surface area contributed by atoms with E-state index in [0.717, 1.165) is 22.3 Å². The summed E-state index contributed by atoms with van der Waals surface area (Å²) in [6.45, 7) is 15.6. The van der Waals surface area contributed by atoms with Crippen LogP contribution in [0.3, 0.4) is 0 Å². The molecule has 1 aliphatic heterocycles. The van der Waals surface area contributed by atoms with E-state index < -0.39 is 41.6 Å². The highest BCUT2D eigenvalue weighted by atomic mass is 19.3. The van der Waals surface area contributed by atoms with Gasteiger partial charge in [-0.25, -0.2) is 4.39 Å². The van der Waals surface area contributed by atoms with Crippen LogP contribution in [0.5, 0.6) is 17.2 Å². The second-order valence-electron chi connectivity index (χ2n) is 20.7. The lowest BCUT2D eigenvalue weighted by Crippen LogP contribution is -2.33. The van der Waals surface area contributed by atoms with Crippen LogP contribution >= 0.6 is 0 Å². The number of H-pyrrole nitrogens is 1. The van der Waals surface area contributed by atoms with Crippen molar-refractivity contribution in [2.24, 2.45) is 11.3 Å². The fourth-order valence-corrected chi connectivity index (χ4v) is 9.42. The Labute approximate surface area is 382 Å². The van der Waals surface area contributed by atoms with Gasteiger partial charge < -0.3 is 40.2 Å². The van der Waals surface area contributed by atoms with E-state index in [9.17, 15) is 43.6 Å². The standard InChI is InChI=1S/C28H31F3O6.C24H28N2O3/c1-26(2,14-33)21-8-15-7-16(22(29)12-19(15)20(21)11-18(34)13-32)9-25(35)27(5-6-27)17-3-4-23-24(10-17)37-28(30,31)36-23;1-23(2,3)16-11-17(24(4,5)6)20(27)12-19(16)26-22(29)15-13-25-18-10-8-7-9-14(18)21(15)28/h3-4,7,10,12,18,20-21,32-34H,5-6,8-9,11,13-14H2,1-2H3;7-13,27H,1-6H3,(H,25,28)(H,26,29)/t18-,20?,21?;/m1./s1. The third-order valence-electron chi connectivity index (χ3n) is 13.4. The number of hydrogen-bond donors (Lipinski definition) is 6. The number of ether oxygens (including phenoxy) is 2. The zero-order chi connectivity index (χ0) is 48.3. The Bertz CT molecular complexity index is 2750. The fourth-order valence-electron chi connectivity index (χ4n) is 9.42. The number of ketones is 1. The number of pyridine rings is 1. The summed E-state index contributed by atoms with van der Waals surface area (Å²) in [4.78, 5) is 42.1. The second-order valence-corrected chi connectivity index (χ2v) is 20.7. The molecule has 1 fully saturated rings. The summed E-state index contributed by atoms with van der Waals surface area (Å²) in [6.07, 6.45) is -1.58. The number of carbonyl (C=O) groups excluding carboxylic acids is 2. The molecule has 1 aromatic heterocycles. The minimum Gasteiger partial charge on any atom is -0.508 e. The highest BCUT2D eigenvalue weighted by Gasteiger charge is 2.52. The van der Waals surface area contributed by atoms with Gasteiger partial charge in [-0.1, -0.05) is 79.7 Å². The molecule has 8 rings (SSSR count). The number of hydrogen-bond acceptors (Lipinski definition) is 9. The van der Waals surface area contributed by atoms with Gasteiger partial charge in [-0.05, 0) is 124 Å². The van der Waals surface area contributed by atoms with Crippen LogP contribution in [0.2, 0.25) is 0 Å². The number of aliphatic hydroxyl groups is 3. The van der Waals surface area contributed by atoms with Gasteiger partial charge in [-0.2, -0.15) is 0 Å². The molecule has 1 amide bonds. The summed E-state index contributed by atoms with van der Waals surface area (Å²) in [5.74, 6) is -1.67. The summed E-state index contributed by atoms with van der Waals surface area (Å²) in [7, 11) is 0. The number of alkyl halides is 2. The number of aromatic amines is 1. The molecule has 14 heteroatoms. The minimum atomic E-state index is -3.75. The number of benzene rings is 4. The van der Waals surface area contributed by atoms with Crippen LogP contribution in [-0.4, -0.2) is 62.7 Å². The van der Waals surface area contributed by atoms with Crippen molar-refractivity contribution in [1.29, 1.82) is 0 Å². The smallest absolute Gasteiger partial charge is 0.508 e. The summed E-state index contributed by atoms with van der Waals surface area (Å²) >= 11 is 0. The molecule has 3 atom stereocenters. The Balaban J connectivity index is 0.000000203. The number of anilines is 1. The molecule has 0 bridgehead atoms. The fraction of sp³-hybridized carbons (Fsp3) is 0.442. The average Bonchev–Trinajstić information content (AvgIpc) is 3.89. The van der Waals surface area contributed by atoms with Gasteiger partial charge in [0.15, 0.2) is 11.5 Å². The molecule has 2 aliphatic carbocycles. The first-order valence-electron chi connectivity index (χ1n) is 22.2. The second kappa shape index (κ2) is 17.5. The van der Waals surface area contributed by atoms with Gasteiger partial charge >= 0.3 is 6.29 Å². The number of halogens is 3. The number of phenolic OH excluding ortho intramolecular Hbond substituents is 1. The van der Waals surface area contributed by atoms with Crippen LogP contribution in [-0.2, 0) is 33.9 Å². The molecule has 66 heavy (non-hydrogen) atoms. The molecule has 4 aromatic carbocycles. The van der Waals surface area contributed by atoms with Crippen molar-refractivity contribution in [2.75, 3.05) is 18.5 Å². The molecule has 0 radical (unpaired) electrons. The maximum atomic E-state index is 15.3. The third-order valence-corrected chi connectivity index (χ3v) is 13.4. The molecular weight excluding hydrogens is 854 g/mol. The molecule has 0 spiro atoms. The quantitative estimate of drug-likeness (QED) is 0.0754.